The van der Waals surface area contributed by atoms with Gasteiger partial charge in [-0.3, -0.25) is 9.69 Å². The molecule has 0 radical (unpaired) electrons. The third-order valence-electron chi connectivity index (χ3n) is 1.24. The zero-order valence-electron chi connectivity index (χ0n) is 8.98. The van der Waals surface area contributed by atoms with Crippen LogP contribution in [0.1, 0.15) is 20.8 Å². The third-order valence-corrected chi connectivity index (χ3v) is 1.24. The predicted octanol–water partition coefficient (Wildman–Crippen LogP) is 0.832. The number of carboxylic acids is 1. The molecule has 0 aromatic carbocycles. The van der Waals surface area contributed by atoms with Crippen LogP contribution in [0.3, 0.4) is 0 Å². The van der Waals surface area contributed by atoms with Gasteiger partial charge in [0.25, 0.3) is 0 Å². The molecular weight excluding hydrogens is 200 g/mol. The van der Waals surface area contributed by atoms with Crippen molar-refractivity contribution in [2.24, 2.45) is 0 Å². The normalized spacial score (nSPS) is 10.3. The van der Waals surface area contributed by atoms with Gasteiger partial charge < -0.3 is 9.84 Å². The van der Waals surface area contributed by atoms with Gasteiger partial charge >= 0.3 is 12.1 Å². The van der Waals surface area contributed by atoms with E-state index in [1.165, 1.54) is 0 Å². The van der Waals surface area contributed by atoms with Crippen molar-refractivity contribution >= 4 is 12.1 Å². The lowest BCUT2D eigenvalue weighted by molar-refractivity contribution is -0.138. The zero-order chi connectivity index (χ0) is 12.1. The number of amides is 1. The summed E-state index contributed by atoms with van der Waals surface area (Å²) >= 11 is 0. The van der Waals surface area contributed by atoms with E-state index >= 15 is 0 Å². The topological polar surface area (TPSA) is 90.6 Å². The molecule has 6 nitrogen and oxygen atoms in total. The molecular formula is C9H14N2O4. The van der Waals surface area contributed by atoms with Crippen LogP contribution in [0.4, 0.5) is 4.79 Å². The monoisotopic (exact) mass is 214 g/mol. The maximum atomic E-state index is 11.4. The van der Waals surface area contributed by atoms with Crippen molar-refractivity contribution in [2.45, 2.75) is 26.4 Å². The van der Waals surface area contributed by atoms with Crippen LogP contribution in [-0.2, 0) is 9.53 Å². The lowest BCUT2D eigenvalue weighted by atomic mass is 10.2. The summed E-state index contributed by atoms with van der Waals surface area (Å²) in [4.78, 5) is 22.6. The number of carbonyl (C=O) groups excluding carboxylic acids is 1. The van der Waals surface area contributed by atoms with Crippen LogP contribution < -0.4 is 0 Å². The molecule has 0 spiro atoms. The van der Waals surface area contributed by atoms with Gasteiger partial charge in [-0.25, -0.2) is 4.79 Å². The van der Waals surface area contributed by atoms with E-state index in [1.54, 1.807) is 26.8 Å². The van der Waals surface area contributed by atoms with Crippen molar-refractivity contribution < 1.29 is 19.4 Å². The summed E-state index contributed by atoms with van der Waals surface area (Å²) in [5.74, 6) is -1.18. The Labute approximate surface area is 88.0 Å². The molecule has 1 amide bonds. The summed E-state index contributed by atoms with van der Waals surface area (Å²) in [5.41, 5.74) is -0.705. The average molecular weight is 214 g/mol. The number of rotatable bonds is 3. The van der Waals surface area contributed by atoms with E-state index < -0.39 is 24.2 Å². The maximum Gasteiger partial charge on any atom is 0.411 e. The molecule has 0 bridgehead atoms. The van der Waals surface area contributed by atoms with Gasteiger partial charge in [-0.15, -0.1) is 0 Å². The van der Waals surface area contributed by atoms with Gasteiger partial charge in [0.15, 0.2) is 0 Å². The van der Waals surface area contributed by atoms with E-state index in [2.05, 4.69) is 0 Å². The summed E-state index contributed by atoms with van der Waals surface area (Å²) < 4.78 is 4.93. The van der Waals surface area contributed by atoms with Crippen LogP contribution in [0.5, 0.6) is 0 Å². The van der Waals surface area contributed by atoms with E-state index in [0.29, 0.717) is 0 Å². The predicted molar refractivity (Wildman–Crippen MR) is 51.1 cm³/mol. The molecule has 0 heterocycles. The minimum absolute atomic E-state index is 0.304. The van der Waals surface area contributed by atoms with Gasteiger partial charge in [0.05, 0.1) is 6.07 Å². The number of hydrogen-bond donors (Lipinski definition) is 1. The highest BCUT2D eigenvalue weighted by atomic mass is 16.6. The molecule has 0 unspecified atom stereocenters. The molecule has 0 atom stereocenters. The van der Waals surface area contributed by atoms with Crippen molar-refractivity contribution in [1.82, 2.24) is 4.90 Å². The highest BCUT2D eigenvalue weighted by molar-refractivity contribution is 5.77. The van der Waals surface area contributed by atoms with Crippen molar-refractivity contribution in [3.05, 3.63) is 0 Å². The first-order valence-corrected chi connectivity index (χ1v) is 4.33. The second-order valence-corrected chi connectivity index (χ2v) is 3.89. The lowest BCUT2D eigenvalue weighted by Gasteiger charge is -2.24. The molecule has 0 aliphatic carbocycles. The Kier molecular flexibility index (Phi) is 4.58. The summed E-state index contributed by atoms with van der Waals surface area (Å²) in [7, 11) is 0. The van der Waals surface area contributed by atoms with Gasteiger partial charge in [0.2, 0.25) is 0 Å². The highest BCUT2D eigenvalue weighted by Gasteiger charge is 2.23. The number of carboxylic acid groups (broad SMARTS) is 1. The Morgan fingerprint density at radius 2 is 2.00 bits per heavy atom. The molecule has 0 saturated carbocycles. The van der Waals surface area contributed by atoms with Gasteiger partial charge in [-0.1, -0.05) is 0 Å². The molecule has 1 N–H and O–H groups in total. The minimum atomic E-state index is -1.18. The highest BCUT2D eigenvalue weighted by Crippen LogP contribution is 2.09. The van der Waals surface area contributed by atoms with E-state index in [0.717, 1.165) is 4.90 Å². The Bertz CT molecular complexity index is 287. The largest absolute Gasteiger partial charge is 0.480 e. The van der Waals surface area contributed by atoms with Crippen molar-refractivity contribution in [2.75, 3.05) is 13.1 Å². The van der Waals surface area contributed by atoms with Crippen LogP contribution in [0.2, 0.25) is 0 Å². The number of hydrogen-bond acceptors (Lipinski definition) is 4. The van der Waals surface area contributed by atoms with Gasteiger partial charge in [0.1, 0.15) is 18.7 Å². The first-order chi connectivity index (χ1) is 6.76. The van der Waals surface area contributed by atoms with Crippen molar-refractivity contribution in [3.63, 3.8) is 0 Å². The molecule has 0 aliphatic rings. The van der Waals surface area contributed by atoms with Gasteiger partial charge in [0, 0.05) is 0 Å². The molecule has 0 fully saturated rings. The van der Waals surface area contributed by atoms with Gasteiger partial charge in [-0.05, 0) is 20.8 Å². The smallest absolute Gasteiger partial charge is 0.411 e. The number of nitriles is 1. The minimum Gasteiger partial charge on any atom is -0.480 e. The lowest BCUT2D eigenvalue weighted by Crippen LogP contribution is -2.40. The van der Waals surface area contributed by atoms with E-state index in [4.69, 9.17) is 15.1 Å². The van der Waals surface area contributed by atoms with Crippen LogP contribution in [0.25, 0.3) is 0 Å². The first kappa shape index (κ1) is 13.2. The molecule has 0 aromatic rings. The molecule has 0 saturated heterocycles. The van der Waals surface area contributed by atoms with Crippen LogP contribution in [-0.4, -0.2) is 40.8 Å². The zero-order valence-corrected chi connectivity index (χ0v) is 8.98. The fourth-order valence-electron chi connectivity index (χ4n) is 0.760. The third kappa shape index (κ3) is 6.32. The molecule has 0 aromatic heterocycles. The van der Waals surface area contributed by atoms with Crippen LogP contribution in [0.15, 0.2) is 0 Å². The molecule has 15 heavy (non-hydrogen) atoms. The average Bonchev–Trinajstić information content (AvgIpc) is 1.99. The Morgan fingerprint density at radius 1 is 1.47 bits per heavy atom. The SMILES string of the molecule is CC(C)(C)OC(=O)N(CC#N)CC(=O)O. The fraction of sp³-hybridized carbons (Fsp3) is 0.667. The van der Waals surface area contributed by atoms with Crippen molar-refractivity contribution in [3.8, 4) is 6.07 Å². The number of carbonyl (C=O) groups is 2. The number of nitrogens with zero attached hydrogens (tertiary/aromatic N) is 2. The summed E-state index contributed by atoms with van der Waals surface area (Å²) in [6.45, 7) is 4.15. The van der Waals surface area contributed by atoms with E-state index in [-0.39, 0.29) is 6.54 Å². The van der Waals surface area contributed by atoms with E-state index in [9.17, 15) is 9.59 Å². The fourth-order valence-corrected chi connectivity index (χ4v) is 0.760. The second-order valence-electron chi connectivity index (χ2n) is 3.89. The Hall–Kier alpha value is -1.77. The maximum absolute atomic E-state index is 11.4. The van der Waals surface area contributed by atoms with Crippen LogP contribution >= 0.6 is 0 Å². The molecule has 6 heteroatoms. The second kappa shape index (κ2) is 5.20. The Morgan fingerprint density at radius 3 is 2.33 bits per heavy atom. The van der Waals surface area contributed by atoms with E-state index in [1.807, 2.05) is 0 Å². The quantitative estimate of drug-likeness (QED) is 0.702. The summed E-state index contributed by atoms with van der Waals surface area (Å²) in [6, 6.07) is 1.70. The van der Waals surface area contributed by atoms with Crippen LogP contribution in [0, 0.1) is 11.3 Å². The molecule has 0 rings (SSSR count). The summed E-state index contributed by atoms with van der Waals surface area (Å²) in [6.07, 6.45) is -0.800. The molecule has 0 aliphatic heterocycles. The number of aliphatic carboxylic acids is 1. The van der Waals surface area contributed by atoms with Gasteiger partial charge in [-0.2, -0.15) is 5.26 Å². The van der Waals surface area contributed by atoms with Crippen molar-refractivity contribution in [1.29, 1.82) is 5.26 Å². The molecule has 84 valence electrons. The summed E-state index contributed by atoms with van der Waals surface area (Å²) in [5, 5.41) is 16.9. The number of ether oxygens (including phenoxy) is 1. The Balaban J connectivity index is 4.43. The first-order valence-electron chi connectivity index (χ1n) is 4.33. The standard InChI is InChI=1S/C9H14N2O4/c1-9(2,3)15-8(14)11(5-4-10)6-7(12)13/h5-6H2,1-3H3,(H,12,13).